The molecule has 3 heterocycles. The summed E-state index contributed by atoms with van der Waals surface area (Å²) in [5.41, 5.74) is 1.46. The van der Waals surface area contributed by atoms with Crippen LogP contribution in [0.4, 0.5) is 5.69 Å². The molecule has 0 saturated carbocycles. The molecule has 3 aliphatic rings. The van der Waals surface area contributed by atoms with Crippen LogP contribution in [0.15, 0.2) is 36.4 Å². The van der Waals surface area contributed by atoms with Crippen molar-refractivity contribution in [3.8, 4) is 28.7 Å². The summed E-state index contributed by atoms with van der Waals surface area (Å²) >= 11 is 0. The first kappa shape index (κ1) is 21.9. The molecule has 1 N–H and O–H groups in total. The van der Waals surface area contributed by atoms with Crippen LogP contribution in [0.5, 0.6) is 28.7 Å². The Morgan fingerprint density at radius 2 is 1.79 bits per heavy atom. The molecule has 0 unspecified atom stereocenters. The van der Waals surface area contributed by atoms with Crippen molar-refractivity contribution < 1.29 is 33.3 Å². The van der Waals surface area contributed by atoms with Gasteiger partial charge in [-0.2, -0.15) is 0 Å². The van der Waals surface area contributed by atoms with Crippen LogP contribution >= 0.6 is 0 Å². The molecule has 0 bridgehead atoms. The highest BCUT2D eigenvalue weighted by Gasteiger charge is 2.27. The molecule has 1 fully saturated rings. The number of anilines is 1. The van der Waals surface area contributed by atoms with E-state index in [4.69, 9.17) is 23.7 Å². The highest BCUT2D eigenvalue weighted by molar-refractivity contribution is 5.94. The fraction of sp³-hybridized carbons (Fsp3) is 0.360. The number of carbonyl (C=O) groups is 2. The molecule has 2 aromatic rings. The molecule has 2 amide bonds. The highest BCUT2D eigenvalue weighted by atomic mass is 16.7. The summed E-state index contributed by atoms with van der Waals surface area (Å²) in [6.45, 7) is 2.18. The average molecular weight is 466 g/mol. The quantitative estimate of drug-likeness (QED) is 0.677. The molecule has 0 aliphatic carbocycles. The predicted octanol–water partition coefficient (Wildman–Crippen LogP) is 3.09. The monoisotopic (exact) mass is 466 g/mol. The van der Waals surface area contributed by atoms with Gasteiger partial charge < -0.3 is 33.9 Å². The number of fused-ring (bicyclic) bond motifs is 2. The zero-order valence-corrected chi connectivity index (χ0v) is 18.9. The van der Waals surface area contributed by atoms with Gasteiger partial charge in [-0.15, -0.1) is 0 Å². The number of amides is 2. The lowest BCUT2D eigenvalue weighted by Gasteiger charge is -2.30. The van der Waals surface area contributed by atoms with Gasteiger partial charge >= 0.3 is 0 Å². The maximum Gasteiger partial charge on any atom is 0.246 e. The van der Waals surface area contributed by atoms with Gasteiger partial charge in [-0.3, -0.25) is 9.59 Å². The van der Waals surface area contributed by atoms with Crippen LogP contribution < -0.4 is 29.0 Å². The molecule has 178 valence electrons. The van der Waals surface area contributed by atoms with E-state index < -0.39 is 0 Å². The summed E-state index contributed by atoms with van der Waals surface area (Å²) in [7, 11) is 1.57. The summed E-state index contributed by atoms with van der Waals surface area (Å²) in [6.07, 6.45) is 4.49. The minimum absolute atomic E-state index is 0.0510. The summed E-state index contributed by atoms with van der Waals surface area (Å²) in [5, 5.41) is 2.94. The van der Waals surface area contributed by atoms with Crippen LogP contribution in [0.1, 0.15) is 18.4 Å². The number of piperidine rings is 1. The van der Waals surface area contributed by atoms with E-state index in [0.717, 1.165) is 5.56 Å². The molecule has 0 atom stereocenters. The van der Waals surface area contributed by atoms with Crippen LogP contribution in [0.25, 0.3) is 6.08 Å². The zero-order valence-electron chi connectivity index (χ0n) is 18.9. The lowest BCUT2D eigenvalue weighted by Crippen LogP contribution is -2.40. The molecular formula is C25H26N2O7. The number of carbonyl (C=O) groups excluding carboxylic acids is 2. The van der Waals surface area contributed by atoms with E-state index in [-0.39, 0.29) is 24.5 Å². The Morgan fingerprint density at radius 1 is 1.00 bits per heavy atom. The number of rotatable bonds is 5. The van der Waals surface area contributed by atoms with Crippen molar-refractivity contribution in [1.29, 1.82) is 0 Å². The first-order valence-electron chi connectivity index (χ1n) is 11.3. The fourth-order valence-corrected chi connectivity index (χ4v) is 4.24. The van der Waals surface area contributed by atoms with Gasteiger partial charge in [0.1, 0.15) is 13.2 Å². The Kier molecular flexibility index (Phi) is 6.16. The van der Waals surface area contributed by atoms with E-state index in [1.54, 1.807) is 36.3 Å². The third-order valence-electron chi connectivity index (χ3n) is 6.09. The fourth-order valence-electron chi connectivity index (χ4n) is 4.24. The minimum Gasteiger partial charge on any atom is -0.493 e. The number of likely N-dealkylation sites (tertiary alicyclic amines) is 1. The van der Waals surface area contributed by atoms with Crippen LogP contribution in [0.2, 0.25) is 0 Å². The molecule has 1 saturated heterocycles. The third kappa shape index (κ3) is 4.59. The topological polar surface area (TPSA) is 95.6 Å². The number of ether oxygens (including phenoxy) is 5. The predicted molar refractivity (Wildman–Crippen MR) is 124 cm³/mol. The van der Waals surface area contributed by atoms with Crippen molar-refractivity contribution in [2.45, 2.75) is 12.8 Å². The van der Waals surface area contributed by atoms with Crippen molar-refractivity contribution in [3.63, 3.8) is 0 Å². The maximum atomic E-state index is 12.7. The third-order valence-corrected chi connectivity index (χ3v) is 6.09. The van der Waals surface area contributed by atoms with Gasteiger partial charge in [0.05, 0.1) is 7.11 Å². The molecule has 0 radical (unpaired) electrons. The first-order chi connectivity index (χ1) is 16.6. The molecule has 5 rings (SSSR count). The molecule has 9 heteroatoms. The lowest BCUT2D eigenvalue weighted by molar-refractivity contribution is -0.130. The molecule has 0 aromatic heterocycles. The lowest BCUT2D eigenvalue weighted by atomic mass is 9.95. The maximum absolute atomic E-state index is 12.7. The van der Waals surface area contributed by atoms with Crippen molar-refractivity contribution in [2.75, 3.05) is 45.5 Å². The number of hydrogen-bond donors (Lipinski definition) is 1. The summed E-state index contributed by atoms with van der Waals surface area (Å²) in [4.78, 5) is 27.2. The number of benzene rings is 2. The average Bonchev–Trinajstić information content (AvgIpc) is 3.34. The van der Waals surface area contributed by atoms with E-state index >= 15 is 0 Å². The van der Waals surface area contributed by atoms with Gasteiger partial charge in [-0.25, -0.2) is 0 Å². The minimum atomic E-state index is -0.152. The Morgan fingerprint density at radius 3 is 2.62 bits per heavy atom. The van der Waals surface area contributed by atoms with Crippen molar-refractivity contribution in [2.24, 2.45) is 5.92 Å². The number of hydrogen-bond acceptors (Lipinski definition) is 7. The Hall–Kier alpha value is -3.88. The molecular weight excluding hydrogens is 440 g/mol. The van der Waals surface area contributed by atoms with E-state index in [2.05, 4.69) is 5.32 Å². The smallest absolute Gasteiger partial charge is 0.246 e. The van der Waals surface area contributed by atoms with E-state index in [1.165, 1.54) is 6.08 Å². The van der Waals surface area contributed by atoms with E-state index in [9.17, 15) is 9.59 Å². The van der Waals surface area contributed by atoms with Crippen LogP contribution in [-0.2, 0) is 9.59 Å². The van der Waals surface area contributed by atoms with Gasteiger partial charge in [0.15, 0.2) is 23.0 Å². The van der Waals surface area contributed by atoms with Crippen LogP contribution in [-0.4, -0.2) is 56.9 Å². The largest absolute Gasteiger partial charge is 0.493 e. The summed E-state index contributed by atoms with van der Waals surface area (Å²) < 4.78 is 27.3. The Balaban J connectivity index is 1.15. The first-order valence-corrected chi connectivity index (χ1v) is 11.3. The van der Waals surface area contributed by atoms with Gasteiger partial charge in [0, 0.05) is 36.8 Å². The second-order valence-corrected chi connectivity index (χ2v) is 8.24. The SMILES string of the molecule is COc1cc(C=CC(=O)N2CCC(C(=O)Nc3ccc4c(c3)OCO4)CC2)cc2c1OCCO2. The molecule has 34 heavy (non-hydrogen) atoms. The molecule has 9 nitrogen and oxygen atoms in total. The van der Waals surface area contributed by atoms with Crippen molar-refractivity contribution in [1.82, 2.24) is 4.90 Å². The van der Waals surface area contributed by atoms with Crippen LogP contribution in [0, 0.1) is 5.92 Å². The molecule has 3 aliphatic heterocycles. The Bertz CT molecular complexity index is 1110. The van der Waals surface area contributed by atoms with Gasteiger partial charge in [0.25, 0.3) is 0 Å². The highest BCUT2D eigenvalue weighted by Crippen LogP contribution is 2.40. The van der Waals surface area contributed by atoms with E-state index in [1.807, 2.05) is 12.1 Å². The number of methoxy groups -OCH3 is 1. The van der Waals surface area contributed by atoms with Gasteiger partial charge in [-0.1, -0.05) is 0 Å². The van der Waals surface area contributed by atoms with Crippen molar-refractivity contribution >= 4 is 23.6 Å². The molecule has 0 spiro atoms. The molecule has 2 aromatic carbocycles. The van der Waals surface area contributed by atoms with Gasteiger partial charge in [-0.05, 0) is 48.7 Å². The standard InChI is InChI=1S/C25H26N2O7/c1-30-21-12-16(13-22-24(21)32-11-10-31-22)2-5-23(28)27-8-6-17(7-9-27)25(29)26-18-3-4-19-20(14-18)34-15-33-19/h2-5,12-14,17H,6-11,15H2,1H3,(H,26,29). The van der Waals surface area contributed by atoms with E-state index in [0.29, 0.717) is 73.6 Å². The van der Waals surface area contributed by atoms with Crippen molar-refractivity contribution in [3.05, 3.63) is 42.0 Å². The number of nitrogens with zero attached hydrogens (tertiary/aromatic N) is 1. The zero-order chi connectivity index (χ0) is 23.5. The summed E-state index contributed by atoms with van der Waals surface area (Å²) in [6, 6.07) is 8.97. The Labute approximate surface area is 197 Å². The second-order valence-electron chi connectivity index (χ2n) is 8.24. The van der Waals surface area contributed by atoms with Gasteiger partial charge in [0.2, 0.25) is 24.4 Å². The second kappa shape index (κ2) is 9.54. The number of nitrogens with one attached hydrogen (secondary N) is 1. The normalized spacial score (nSPS) is 17.0. The van der Waals surface area contributed by atoms with Crippen LogP contribution in [0.3, 0.4) is 0 Å². The summed E-state index contributed by atoms with van der Waals surface area (Å²) in [5.74, 6) is 2.76.